The van der Waals surface area contributed by atoms with E-state index in [-0.39, 0.29) is 59.7 Å². The zero-order valence-corrected chi connectivity index (χ0v) is 30.8. The lowest BCUT2D eigenvalue weighted by atomic mass is 9.43. The molecule has 2 saturated heterocycles. The molecule has 4 heterocycles. The highest BCUT2D eigenvalue weighted by Crippen LogP contribution is 2.72. The van der Waals surface area contributed by atoms with E-state index in [0.29, 0.717) is 24.5 Å². The maximum Gasteiger partial charge on any atom is 0.340 e. The number of cyclic esters (lactones) is 1. The first-order chi connectivity index (χ1) is 23.8. The van der Waals surface area contributed by atoms with Crippen LogP contribution < -0.4 is 10.6 Å². The van der Waals surface area contributed by atoms with Gasteiger partial charge >= 0.3 is 11.9 Å². The first-order valence-electron chi connectivity index (χ1n) is 19.2. The van der Waals surface area contributed by atoms with Gasteiger partial charge in [0, 0.05) is 23.7 Å². The van der Waals surface area contributed by atoms with Crippen molar-refractivity contribution in [3.63, 3.8) is 0 Å². The summed E-state index contributed by atoms with van der Waals surface area (Å²) in [6.45, 7) is 5.34. The average molecular weight is 711 g/mol. The van der Waals surface area contributed by atoms with Crippen molar-refractivity contribution >= 4 is 33.5 Å². The summed E-state index contributed by atoms with van der Waals surface area (Å²) in [5.41, 5.74) is 2.82. The van der Waals surface area contributed by atoms with Crippen molar-refractivity contribution in [2.24, 2.45) is 46.3 Å². The Labute approximate surface area is 299 Å². The van der Waals surface area contributed by atoms with E-state index in [0.717, 1.165) is 99.1 Å². The topological polar surface area (TPSA) is 117 Å². The van der Waals surface area contributed by atoms with Gasteiger partial charge in [-0.1, -0.05) is 53.9 Å². The first kappa shape index (κ1) is 34.5. The molecule has 49 heavy (non-hydrogen) atoms. The fourth-order valence-electron chi connectivity index (χ4n) is 11.5. The van der Waals surface area contributed by atoms with Crippen LogP contribution in [-0.4, -0.2) is 52.8 Å². The van der Waals surface area contributed by atoms with Crippen LogP contribution in [0.1, 0.15) is 104 Å². The molecule has 2 unspecified atom stereocenters. The Morgan fingerprint density at radius 1 is 1.08 bits per heavy atom. The number of hydrogen-bond acceptors (Lipinski definition) is 10. The predicted molar refractivity (Wildman–Crippen MR) is 192 cm³/mol. The van der Waals surface area contributed by atoms with Gasteiger partial charge in [0.2, 0.25) is 0 Å². The number of carbonyl (C=O) groups excluding carboxylic acids is 2. The number of rotatable bonds is 5. The average Bonchev–Trinajstić information content (AvgIpc) is 3.80. The van der Waals surface area contributed by atoms with E-state index in [9.17, 15) is 19.8 Å². The van der Waals surface area contributed by atoms with Crippen molar-refractivity contribution in [1.82, 2.24) is 10.6 Å². The van der Waals surface area contributed by atoms with Crippen molar-refractivity contribution in [2.75, 3.05) is 19.0 Å². The number of carbonyl (C=O) groups is 2. The monoisotopic (exact) mass is 710 g/mol. The second-order valence-electron chi connectivity index (χ2n) is 16.2. The minimum absolute atomic E-state index is 0.0468. The first-order valence-corrected chi connectivity index (χ1v) is 21.6. The number of piperidine rings is 1. The molecule has 10 heteroatoms. The summed E-state index contributed by atoms with van der Waals surface area (Å²) in [5.74, 6) is 2.53. The number of fused-ring (bicyclic) bond motifs is 3. The van der Waals surface area contributed by atoms with E-state index in [2.05, 4.69) is 36.6 Å². The molecule has 8 nitrogen and oxygen atoms in total. The Kier molecular flexibility index (Phi) is 9.70. The summed E-state index contributed by atoms with van der Waals surface area (Å²) in [6, 6.07) is 0. The zero-order valence-electron chi connectivity index (χ0n) is 29.1. The highest BCUT2D eigenvalue weighted by Gasteiger charge is 2.69. The Bertz CT molecular complexity index is 1480. The van der Waals surface area contributed by atoms with Crippen LogP contribution in [0.15, 0.2) is 46.0 Å². The van der Waals surface area contributed by atoms with Crippen LogP contribution in [0.4, 0.5) is 0 Å². The van der Waals surface area contributed by atoms with Gasteiger partial charge in [-0.2, -0.15) is 0 Å². The van der Waals surface area contributed by atoms with Crippen molar-refractivity contribution in [1.29, 1.82) is 0 Å². The molecule has 0 aromatic rings. The van der Waals surface area contributed by atoms with Crippen LogP contribution >= 0.6 is 21.6 Å². The van der Waals surface area contributed by atoms with Crippen molar-refractivity contribution in [3.05, 3.63) is 46.0 Å². The second kappa shape index (κ2) is 13.8. The minimum Gasteiger partial charge on any atom is -0.427 e. The number of allylic oxidation sites excluding steroid dienone is 5. The quantitative estimate of drug-likeness (QED) is 0.178. The zero-order chi connectivity index (χ0) is 33.9. The number of hydrogen-bond donors (Lipinski definition) is 4. The van der Waals surface area contributed by atoms with Crippen LogP contribution in [0.2, 0.25) is 0 Å². The van der Waals surface area contributed by atoms with Gasteiger partial charge in [0.15, 0.2) is 0 Å². The highest BCUT2D eigenvalue weighted by atomic mass is 33.1. The molecule has 0 radical (unpaired) electrons. The maximum atomic E-state index is 14.5. The van der Waals surface area contributed by atoms with Gasteiger partial charge in [0.05, 0.1) is 23.0 Å². The molecule has 0 aromatic heterocycles. The van der Waals surface area contributed by atoms with Gasteiger partial charge in [0.1, 0.15) is 17.0 Å². The SMILES string of the molecule is CCC1(C=C2OC(=O)C3=C2CC[C@@H]2[C@@H]3[C@]34CC[C@H]2C2=C3C(=O)OC4=CC[C@@H](C)[C@H](O)SSCNC3CC(CCN3)[C@@H]2CCCO)CCCC1. The third-order valence-electron chi connectivity index (χ3n) is 13.9. The summed E-state index contributed by atoms with van der Waals surface area (Å²) in [6.07, 6.45) is 17.9. The van der Waals surface area contributed by atoms with Crippen molar-refractivity contribution in [2.45, 2.75) is 115 Å². The second-order valence-corrected chi connectivity index (χ2v) is 18.7. The smallest absolute Gasteiger partial charge is 0.340 e. The largest absolute Gasteiger partial charge is 0.427 e. The number of ether oxygens (including phenoxy) is 2. The standard InChI is InChI=1S/C39H54N2O6S2/c1-3-38(14-4-5-15-38)20-28-27-10-9-26-25-12-16-39(33(26)32(27)35(43)46-28)29-11-8-22(2)37(45)49-48-21-41-30-19-23(13-17-40-30)24(7-6-18-42)31(25)34(39)36(44)47-29/h11,20,22-26,30,33,37,40-42,45H,3-10,12-19,21H2,1-2H3/t22-,23?,24+,25-,26+,30?,33+,37-,39-/m1/s1. The fraction of sp³-hybridized carbons (Fsp3) is 0.744. The lowest BCUT2D eigenvalue weighted by molar-refractivity contribution is -0.135. The third-order valence-corrected chi connectivity index (χ3v) is 16.4. The molecule has 1 spiro atoms. The Morgan fingerprint density at radius 2 is 1.92 bits per heavy atom. The molecule has 4 N–H and O–H groups in total. The summed E-state index contributed by atoms with van der Waals surface area (Å²) < 4.78 is 12.7. The molecule has 5 aliphatic carbocycles. The summed E-state index contributed by atoms with van der Waals surface area (Å²) in [5, 5.41) is 28.5. The molecular formula is C39H54N2O6S2. The molecule has 0 aromatic carbocycles. The third kappa shape index (κ3) is 5.74. The van der Waals surface area contributed by atoms with E-state index in [4.69, 9.17) is 9.47 Å². The van der Waals surface area contributed by atoms with Gasteiger partial charge < -0.3 is 25.0 Å². The van der Waals surface area contributed by atoms with Crippen LogP contribution in [0.5, 0.6) is 0 Å². The Hall–Kier alpha value is -1.56. The number of esters is 2. The molecule has 2 saturated carbocycles. The fourth-order valence-corrected chi connectivity index (χ4v) is 13.7. The van der Waals surface area contributed by atoms with Crippen LogP contribution in [0.3, 0.4) is 0 Å². The van der Waals surface area contributed by atoms with Crippen molar-refractivity contribution < 1.29 is 29.3 Å². The molecular weight excluding hydrogens is 657 g/mol. The van der Waals surface area contributed by atoms with Gasteiger partial charge in [0.25, 0.3) is 0 Å². The number of aliphatic hydroxyl groups is 2. The molecule has 9 rings (SSSR count). The van der Waals surface area contributed by atoms with E-state index in [1.165, 1.54) is 29.2 Å². The lowest BCUT2D eigenvalue weighted by Crippen LogP contribution is -2.54. The van der Waals surface area contributed by atoms with Gasteiger partial charge in [-0.3, -0.25) is 5.32 Å². The summed E-state index contributed by atoms with van der Waals surface area (Å²) >= 11 is 0. The van der Waals surface area contributed by atoms with E-state index >= 15 is 0 Å². The van der Waals surface area contributed by atoms with E-state index in [1.54, 1.807) is 10.8 Å². The molecule has 0 amide bonds. The lowest BCUT2D eigenvalue weighted by Gasteiger charge is -2.58. The number of nitrogens with one attached hydrogen (secondary N) is 2. The normalized spacial score (nSPS) is 41.1. The van der Waals surface area contributed by atoms with Crippen molar-refractivity contribution in [3.8, 4) is 0 Å². The Balaban J connectivity index is 1.30. The predicted octanol–water partition coefficient (Wildman–Crippen LogP) is 6.87. The van der Waals surface area contributed by atoms with E-state index in [1.807, 2.05) is 0 Å². The molecule has 268 valence electrons. The molecule has 4 fully saturated rings. The molecule has 9 aliphatic rings. The summed E-state index contributed by atoms with van der Waals surface area (Å²) in [7, 11) is 3.14. The Morgan fingerprint density at radius 3 is 2.71 bits per heavy atom. The van der Waals surface area contributed by atoms with Gasteiger partial charge in [-0.15, -0.1) is 0 Å². The minimum atomic E-state index is -0.706. The number of aliphatic hydroxyl groups excluding tert-OH is 2. The van der Waals surface area contributed by atoms with Crippen LogP contribution in [0.25, 0.3) is 0 Å². The van der Waals surface area contributed by atoms with Crippen LogP contribution in [0, 0.1) is 46.3 Å². The van der Waals surface area contributed by atoms with Gasteiger partial charge in [-0.05, 0) is 131 Å². The van der Waals surface area contributed by atoms with E-state index < -0.39 is 10.9 Å². The maximum absolute atomic E-state index is 14.5. The molecule has 9 atom stereocenters. The highest BCUT2D eigenvalue weighted by molar-refractivity contribution is 8.76. The summed E-state index contributed by atoms with van der Waals surface area (Å²) in [4.78, 5) is 28.7. The van der Waals surface area contributed by atoms with Gasteiger partial charge in [-0.25, -0.2) is 9.59 Å². The van der Waals surface area contributed by atoms with Crippen LogP contribution in [-0.2, 0) is 19.1 Å². The molecule has 4 aliphatic heterocycles. The molecule has 7 bridgehead atoms.